The lowest BCUT2D eigenvalue weighted by atomic mass is 9.99. The van der Waals surface area contributed by atoms with Crippen LogP contribution >= 0.6 is 0 Å². The van der Waals surface area contributed by atoms with Gasteiger partial charge in [-0.25, -0.2) is 14.4 Å². The van der Waals surface area contributed by atoms with Crippen LogP contribution in [0.3, 0.4) is 0 Å². The highest BCUT2D eigenvalue weighted by molar-refractivity contribution is 5.91. The molecule has 2 aliphatic heterocycles. The molecule has 0 aliphatic carbocycles. The molecule has 0 amide bonds. The van der Waals surface area contributed by atoms with Crippen molar-refractivity contribution >= 4 is 28.5 Å². The SMILES string of the molecule is CN=Cc1cc(-c2ncc3cc(N4CCC(N5CCC5)CC4)ccc3n2)c(O)c(F)c1N. The Hall–Kier alpha value is -3.26. The van der Waals surface area contributed by atoms with Gasteiger partial charge in [-0.15, -0.1) is 0 Å². The maximum absolute atomic E-state index is 14.4. The van der Waals surface area contributed by atoms with E-state index >= 15 is 0 Å². The van der Waals surface area contributed by atoms with Gasteiger partial charge in [0.25, 0.3) is 0 Å². The number of hydrogen-bond donors (Lipinski definition) is 2. The first-order valence-electron chi connectivity index (χ1n) is 11.0. The smallest absolute Gasteiger partial charge is 0.189 e. The van der Waals surface area contributed by atoms with Gasteiger partial charge in [-0.05, 0) is 56.6 Å². The molecule has 0 unspecified atom stereocenters. The van der Waals surface area contributed by atoms with Crippen LogP contribution in [0.25, 0.3) is 22.3 Å². The molecule has 2 aromatic carbocycles. The summed E-state index contributed by atoms with van der Waals surface area (Å²) in [7, 11) is 1.57. The Morgan fingerprint density at radius 3 is 2.66 bits per heavy atom. The van der Waals surface area contributed by atoms with E-state index < -0.39 is 11.6 Å². The summed E-state index contributed by atoms with van der Waals surface area (Å²) in [6.07, 6.45) is 6.88. The molecule has 2 saturated heterocycles. The molecule has 2 aliphatic rings. The lowest BCUT2D eigenvalue weighted by molar-refractivity contribution is 0.100. The van der Waals surface area contributed by atoms with Gasteiger partial charge in [-0.2, -0.15) is 0 Å². The predicted octanol–water partition coefficient (Wildman–Crippen LogP) is 3.45. The maximum Gasteiger partial charge on any atom is 0.189 e. The minimum atomic E-state index is -0.891. The van der Waals surface area contributed by atoms with Crippen LogP contribution in [0.4, 0.5) is 15.8 Å². The molecular formula is C24H27FN6O. The van der Waals surface area contributed by atoms with Crippen LogP contribution in [0.5, 0.6) is 5.75 Å². The molecule has 0 atom stereocenters. The number of aromatic hydroxyl groups is 1. The fourth-order valence-electron chi connectivity index (χ4n) is 4.63. The number of fused-ring (bicyclic) bond motifs is 1. The summed E-state index contributed by atoms with van der Waals surface area (Å²) in [6.45, 7) is 4.60. The van der Waals surface area contributed by atoms with E-state index in [1.165, 1.54) is 44.3 Å². The highest BCUT2D eigenvalue weighted by atomic mass is 19.1. The molecule has 32 heavy (non-hydrogen) atoms. The zero-order valence-corrected chi connectivity index (χ0v) is 18.1. The zero-order valence-electron chi connectivity index (χ0n) is 18.1. The number of nitrogens with zero attached hydrogens (tertiary/aromatic N) is 5. The van der Waals surface area contributed by atoms with Gasteiger partial charge in [0.1, 0.15) is 0 Å². The summed E-state index contributed by atoms with van der Waals surface area (Å²) in [4.78, 5) is 17.9. The summed E-state index contributed by atoms with van der Waals surface area (Å²) < 4.78 is 14.4. The summed E-state index contributed by atoms with van der Waals surface area (Å²) in [5.41, 5.74) is 8.06. The highest BCUT2D eigenvalue weighted by Crippen LogP contribution is 2.35. The number of hydrogen-bond acceptors (Lipinski definition) is 7. The highest BCUT2D eigenvalue weighted by Gasteiger charge is 2.28. The zero-order chi connectivity index (χ0) is 22.2. The molecule has 8 heteroatoms. The van der Waals surface area contributed by atoms with E-state index in [1.807, 2.05) is 6.07 Å². The fourth-order valence-corrected chi connectivity index (χ4v) is 4.63. The average molecular weight is 435 g/mol. The number of piperidine rings is 1. The summed E-state index contributed by atoms with van der Waals surface area (Å²) in [5.74, 6) is -1.21. The van der Waals surface area contributed by atoms with Crippen molar-refractivity contribution in [2.75, 3.05) is 43.9 Å². The number of halogens is 1. The largest absolute Gasteiger partial charge is 0.504 e. The van der Waals surface area contributed by atoms with Gasteiger partial charge >= 0.3 is 0 Å². The molecule has 0 spiro atoms. The van der Waals surface area contributed by atoms with Gasteiger partial charge in [0.05, 0.1) is 16.8 Å². The average Bonchev–Trinajstić information content (AvgIpc) is 2.78. The van der Waals surface area contributed by atoms with E-state index in [2.05, 4.69) is 36.9 Å². The van der Waals surface area contributed by atoms with Crippen LogP contribution in [-0.2, 0) is 0 Å². The molecule has 0 radical (unpaired) electrons. The molecular weight excluding hydrogens is 407 g/mol. The Bertz CT molecular complexity index is 1180. The van der Waals surface area contributed by atoms with E-state index in [4.69, 9.17) is 5.73 Å². The number of aliphatic imine (C=N–C) groups is 1. The van der Waals surface area contributed by atoms with E-state index in [-0.39, 0.29) is 17.1 Å². The van der Waals surface area contributed by atoms with Gasteiger partial charge in [-0.3, -0.25) is 4.99 Å². The second-order valence-corrected chi connectivity index (χ2v) is 8.52. The number of likely N-dealkylation sites (tertiary alicyclic amines) is 1. The molecule has 0 bridgehead atoms. The van der Waals surface area contributed by atoms with Crippen molar-refractivity contribution in [3.05, 3.63) is 41.8 Å². The van der Waals surface area contributed by atoms with Gasteiger partial charge in [0.15, 0.2) is 17.4 Å². The Labute approximate surface area is 186 Å². The van der Waals surface area contributed by atoms with Gasteiger partial charge in [0, 0.05) is 55.2 Å². The minimum absolute atomic E-state index is 0.153. The molecule has 7 nitrogen and oxygen atoms in total. The molecule has 5 rings (SSSR count). The normalized spacial score (nSPS) is 17.9. The van der Waals surface area contributed by atoms with E-state index in [9.17, 15) is 9.50 Å². The lowest BCUT2D eigenvalue weighted by Crippen LogP contribution is -2.50. The Balaban J connectivity index is 1.41. The first-order valence-corrected chi connectivity index (χ1v) is 11.0. The number of nitrogens with two attached hydrogens (primary N) is 1. The van der Waals surface area contributed by atoms with Crippen molar-refractivity contribution in [2.24, 2.45) is 4.99 Å². The van der Waals surface area contributed by atoms with Crippen LogP contribution in [0, 0.1) is 5.82 Å². The topological polar surface area (TPSA) is 90.9 Å². The third-order valence-corrected chi connectivity index (χ3v) is 6.62. The number of anilines is 2. The number of phenolic OH excluding ortho intramolecular Hbond substituents is 1. The molecule has 2 fully saturated rings. The summed E-state index contributed by atoms with van der Waals surface area (Å²) in [6, 6.07) is 8.40. The van der Waals surface area contributed by atoms with Crippen molar-refractivity contribution in [3.63, 3.8) is 0 Å². The van der Waals surface area contributed by atoms with Crippen LogP contribution < -0.4 is 10.6 Å². The van der Waals surface area contributed by atoms with Crippen molar-refractivity contribution in [2.45, 2.75) is 25.3 Å². The van der Waals surface area contributed by atoms with Gasteiger partial charge in [0.2, 0.25) is 0 Å². The number of rotatable bonds is 4. The first-order chi connectivity index (χ1) is 15.5. The van der Waals surface area contributed by atoms with Crippen molar-refractivity contribution in [3.8, 4) is 17.1 Å². The second kappa shape index (κ2) is 8.35. The van der Waals surface area contributed by atoms with E-state index in [0.29, 0.717) is 5.56 Å². The van der Waals surface area contributed by atoms with Crippen molar-refractivity contribution < 1.29 is 9.50 Å². The second-order valence-electron chi connectivity index (χ2n) is 8.52. The maximum atomic E-state index is 14.4. The third kappa shape index (κ3) is 3.64. The van der Waals surface area contributed by atoms with Crippen LogP contribution in [-0.4, -0.2) is 65.5 Å². The fraction of sp³-hybridized carbons (Fsp3) is 0.375. The number of nitrogen functional groups attached to an aromatic ring is 1. The third-order valence-electron chi connectivity index (χ3n) is 6.62. The number of phenols is 1. The van der Waals surface area contributed by atoms with Crippen molar-refractivity contribution in [1.82, 2.24) is 14.9 Å². The minimum Gasteiger partial charge on any atom is -0.504 e. The Kier molecular flexibility index (Phi) is 5.38. The Morgan fingerprint density at radius 2 is 1.97 bits per heavy atom. The first kappa shape index (κ1) is 20.6. The molecule has 1 aromatic heterocycles. The summed E-state index contributed by atoms with van der Waals surface area (Å²) >= 11 is 0. The van der Waals surface area contributed by atoms with Gasteiger partial charge in [-0.1, -0.05) is 0 Å². The molecule has 3 aromatic rings. The number of aromatic nitrogens is 2. The molecule has 166 valence electrons. The van der Waals surface area contributed by atoms with E-state index in [0.717, 1.165) is 30.0 Å². The number of benzene rings is 2. The quantitative estimate of drug-likeness (QED) is 0.483. The molecule has 0 saturated carbocycles. The van der Waals surface area contributed by atoms with Crippen LogP contribution in [0.1, 0.15) is 24.8 Å². The molecule has 3 N–H and O–H groups in total. The lowest BCUT2D eigenvalue weighted by Gasteiger charge is -2.43. The van der Waals surface area contributed by atoms with Gasteiger partial charge < -0.3 is 20.6 Å². The summed E-state index contributed by atoms with van der Waals surface area (Å²) in [5, 5.41) is 11.2. The van der Waals surface area contributed by atoms with Crippen LogP contribution in [0.2, 0.25) is 0 Å². The van der Waals surface area contributed by atoms with Crippen molar-refractivity contribution in [1.29, 1.82) is 0 Å². The van der Waals surface area contributed by atoms with E-state index in [1.54, 1.807) is 19.3 Å². The Morgan fingerprint density at radius 1 is 1.19 bits per heavy atom. The predicted molar refractivity (Wildman–Crippen MR) is 126 cm³/mol. The molecule has 3 heterocycles. The van der Waals surface area contributed by atoms with Crippen LogP contribution in [0.15, 0.2) is 35.5 Å². The standard InChI is InChI=1S/C24H27FN6O/c1-27-13-16-12-19(23(32)21(25)22(16)26)24-28-14-15-11-18(3-4-20(15)29-24)31-9-5-17(6-10-31)30-7-2-8-30/h3-4,11-14,17,32H,2,5-10,26H2,1H3. The monoisotopic (exact) mass is 434 g/mol.